The number of aliphatic hydroxyl groups is 1. The van der Waals surface area contributed by atoms with Gasteiger partial charge in [0.25, 0.3) is 0 Å². The maximum Gasteiger partial charge on any atom is 0.329 e. The molecule has 0 aliphatic rings. The van der Waals surface area contributed by atoms with Gasteiger partial charge in [-0.05, 0) is 67.0 Å². The van der Waals surface area contributed by atoms with Gasteiger partial charge >= 0.3 is 6.03 Å². The van der Waals surface area contributed by atoms with Gasteiger partial charge in [0.05, 0.1) is 11.3 Å². The molecule has 0 aliphatic carbocycles. The van der Waals surface area contributed by atoms with Gasteiger partial charge in [-0.1, -0.05) is 45.9 Å². The van der Waals surface area contributed by atoms with Crippen LogP contribution in [0.4, 0.5) is 14.9 Å². The Bertz CT molecular complexity index is 828. The molecule has 0 atom stereocenters. The SMILES string of the molecule is CC(C)c1ccc(F)c(C(C)C)c1NC(=O)NSc1ccc(C(C)(C)O)cc1. The Kier molecular flexibility index (Phi) is 7.12. The fourth-order valence-electron chi connectivity index (χ4n) is 2.97. The molecule has 0 heterocycles. The van der Waals surface area contributed by atoms with Crippen molar-refractivity contribution in [3.05, 3.63) is 58.9 Å². The van der Waals surface area contributed by atoms with Gasteiger partial charge in [-0.2, -0.15) is 0 Å². The standard InChI is InChI=1S/C22H29FN2O2S/c1-13(2)17-11-12-18(23)19(14(3)4)20(17)24-21(26)25-28-16-9-7-15(8-10-16)22(5,6)27/h7-14,27H,1-6H3,(H2,24,25,26). The highest BCUT2D eigenvalue weighted by atomic mass is 32.2. The molecular formula is C22H29FN2O2S. The molecule has 0 bridgehead atoms. The molecule has 2 rings (SSSR count). The smallest absolute Gasteiger partial charge is 0.329 e. The zero-order valence-electron chi connectivity index (χ0n) is 17.3. The number of amides is 2. The van der Waals surface area contributed by atoms with Crippen molar-refractivity contribution in [2.75, 3.05) is 5.32 Å². The van der Waals surface area contributed by atoms with Crippen LogP contribution in [0.15, 0.2) is 41.3 Å². The molecule has 3 N–H and O–H groups in total. The zero-order valence-corrected chi connectivity index (χ0v) is 18.1. The quantitative estimate of drug-likeness (QED) is 0.508. The van der Waals surface area contributed by atoms with Gasteiger partial charge < -0.3 is 10.4 Å². The Morgan fingerprint density at radius 3 is 2.14 bits per heavy atom. The van der Waals surface area contributed by atoms with Crippen LogP contribution in [-0.4, -0.2) is 11.1 Å². The van der Waals surface area contributed by atoms with E-state index in [9.17, 15) is 14.3 Å². The first-order valence-electron chi connectivity index (χ1n) is 9.39. The molecule has 0 saturated heterocycles. The number of nitrogens with one attached hydrogen (secondary N) is 2. The van der Waals surface area contributed by atoms with E-state index in [-0.39, 0.29) is 17.7 Å². The third-order valence-corrected chi connectivity index (χ3v) is 5.28. The fourth-order valence-corrected chi connectivity index (χ4v) is 3.50. The predicted octanol–water partition coefficient (Wildman–Crippen LogP) is 6.13. The summed E-state index contributed by atoms with van der Waals surface area (Å²) in [5.74, 6) is -0.226. The van der Waals surface area contributed by atoms with Crippen LogP contribution >= 0.6 is 11.9 Å². The summed E-state index contributed by atoms with van der Waals surface area (Å²) in [6.07, 6.45) is 0. The molecule has 6 heteroatoms. The van der Waals surface area contributed by atoms with Gasteiger partial charge in [0.1, 0.15) is 5.82 Å². The Labute approximate surface area is 171 Å². The minimum atomic E-state index is -0.911. The van der Waals surface area contributed by atoms with E-state index in [4.69, 9.17) is 0 Å². The molecule has 0 saturated carbocycles. The Morgan fingerprint density at radius 2 is 1.64 bits per heavy atom. The van der Waals surface area contributed by atoms with Crippen LogP contribution in [0, 0.1) is 5.82 Å². The molecule has 4 nitrogen and oxygen atoms in total. The van der Waals surface area contributed by atoms with Crippen LogP contribution in [-0.2, 0) is 5.60 Å². The van der Waals surface area contributed by atoms with Crippen molar-refractivity contribution in [1.29, 1.82) is 0 Å². The van der Waals surface area contributed by atoms with E-state index < -0.39 is 11.6 Å². The first-order chi connectivity index (χ1) is 13.0. The number of hydrogen-bond acceptors (Lipinski definition) is 3. The summed E-state index contributed by atoms with van der Waals surface area (Å²) in [5.41, 5.74) is 1.84. The highest BCUT2D eigenvalue weighted by molar-refractivity contribution is 7.98. The summed E-state index contributed by atoms with van der Waals surface area (Å²) in [6.45, 7) is 11.3. The number of benzene rings is 2. The molecular weight excluding hydrogens is 375 g/mol. The normalized spacial score (nSPS) is 11.8. The van der Waals surface area contributed by atoms with E-state index in [2.05, 4.69) is 10.0 Å². The van der Waals surface area contributed by atoms with Crippen LogP contribution < -0.4 is 10.0 Å². The first kappa shape index (κ1) is 22.2. The van der Waals surface area contributed by atoms with Crippen molar-refractivity contribution in [2.45, 2.75) is 63.9 Å². The Morgan fingerprint density at radius 1 is 1.04 bits per heavy atom. The van der Waals surface area contributed by atoms with E-state index in [1.165, 1.54) is 6.07 Å². The van der Waals surface area contributed by atoms with Crippen molar-refractivity contribution >= 4 is 23.7 Å². The lowest BCUT2D eigenvalue weighted by atomic mass is 9.92. The monoisotopic (exact) mass is 404 g/mol. The summed E-state index contributed by atoms with van der Waals surface area (Å²) in [6, 6.07) is 10.1. The summed E-state index contributed by atoms with van der Waals surface area (Å²) < 4.78 is 17.1. The average Bonchev–Trinajstić information content (AvgIpc) is 2.59. The minimum Gasteiger partial charge on any atom is -0.386 e. The van der Waals surface area contributed by atoms with Crippen LogP contribution in [0.5, 0.6) is 0 Å². The highest BCUT2D eigenvalue weighted by Crippen LogP contribution is 2.34. The lowest BCUT2D eigenvalue weighted by molar-refractivity contribution is 0.0785. The molecule has 0 fully saturated rings. The van der Waals surface area contributed by atoms with E-state index in [1.807, 2.05) is 52.0 Å². The molecule has 0 spiro atoms. The Hall–Kier alpha value is -2.05. The lowest BCUT2D eigenvalue weighted by Gasteiger charge is -2.21. The summed E-state index contributed by atoms with van der Waals surface area (Å²) in [7, 11) is 0. The number of anilines is 1. The van der Waals surface area contributed by atoms with Crippen LogP contribution in [0.25, 0.3) is 0 Å². The second-order valence-electron chi connectivity index (χ2n) is 7.98. The Balaban J connectivity index is 2.14. The van der Waals surface area contributed by atoms with Crippen molar-refractivity contribution in [3.63, 3.8) is 0 Å². The van der Waals surface area contributed by atoms with Crippen molar-refractivity contribution < 1.29 is 14.3 Å². The topological polar surface area (TPSA) is 61.4 Å². The molecule has 28 heavy (non-hydrogen) atoms. The van der Waals surface area contributed by atoms with E-state index >= 15 is 0 Å². The van der Waals surface area contributed by atoms with Crippen molar-refractivity contribution in [3.8, 4) is 0 Å². The van der Waals surface area contributed by atoms with Crippen LogP contribution in [0.3, 0.4) is 0 Å². The largest absolute Gasteiger partial charge is 0.386 e. The van der Waals surface area contributed by atoms with E-state index in [0.29, 0.717) is 11.3 Å². The van der Waals surface area contributed by atoms with E-state index in [0.717, 1.165) is 28.0 Å². The molecule has 0 aromatic heterocycles. The maximum atomic E-state index is 14.4. The van der Waals surface area contributed by atoms with Gasteiger partial charge in [-0.3, -0.25) is 4.72 Å². The zero-order chi connectivity index (χ0) is 21.1. The average molecular weight is 405 g/mol. The second-order valence-corrected chi connectivity index (χ2v) is 8.86. The fraction of sp³-hybridized carbons (Fsp3) is 0.409. The predicted molar refractivity (Wildman–Crippen MR) is 114 cm³/mol. The highest BCUT2D eigenvalue weighted by Gasteiger charge is 2.20. The third-order valence-electron chi connectivity index (χ3n) is 4.48. The minimum absolute atomic E-state index is 0.0592. The molecule has 0 radical (unpaired) electrons. The van der Waals surface area contributed by atoms with Gasteiger partial charge in [-0.15, -0.1) is 0 Å². The van der Waals surface area contributed by atoms with Crippen LogP contribution in [0.1, 0.15) is 70.1 Å². The third kappa shape index (κ3) is 5.49. The van der Waals surface area contributed by atoms with Crippen LogP contribution in [0.2, 0.25) is 0 Å². The molecule has 0 aliphatic heterocycles. The number of carbonyl (C=O) groups excluding carboxylic acids is 1. The van der Waals surface area contributed by atoms with E-state index in [1.54, 1.807) is 19.9 Å². The summed E-state index contributed by atoms with van der Waals surface area (Å²) in [5, 5.41) is 12.8. The van der Waals surface area contributed by atoms with Gasteiger partial charge in [0.15, 0.2) is 0 Å². The molecule has 2 aromatic carbocycles. The number of rotatable bonds is 6. The second kappa shape index (κ2) is 8.97. The first-order valence-corrected chi connectivity index (χ1v) is 10.2. The maximum absolute atomic E-state index is 14.4. The van der Waals surface area contributed by atoms with Crippen molar-refractivity contribution in [1.82, 2.24) is 4.72 Å². The molecule has 0 unspecified atom stereocenters. The van der Waals surface area contributed by atoms with Crippen molar-refractivity contribution in [2.24, 2.45) is 0 Å². The van der Waals surface area contributed by atoms with Gasteiger partial charge in [-0.25, -0.2) is 9.18 Å². The molecule has 152 valence electrons. The summed E-state index contributed by atoms with van der Waals surface area (Å²) in [4.78, 5) is 13.3. The number of urea groups is 1. The van der Waals surface area contributed by atoms with Gasteiger partial charge in [0.2, 0.25) is 0 Å². The lowest BCUT2D eigenvalue weighted by Crippen LogP contribution is -2.25. The number of hydrogen-bond donors (Lipinski definition) is 3. The summed E-state index contributed by atoms with van der Waals surface area (Å²) >= 11 is 1.16. The van der Waals surface area contributed by atoms with Gasteiger partial charge in [0, 0.05) is 10.5 Å². The molecule has 2 amide bonds. The number of halogens is 1. The number of carbonyl (C=O) groups is 1. The molecule has 2 aromatic rings.